The smallest absolute Gasteiger partial charge is 0.228 e. The van der Waals surface area contributed by atoms with Crippen molar-refractivity contribution in [1.82, 2.24) is 0 Å². The van der Waals surface area contributed by atoms with Gasteiger partial charge in [0.1, 0.15) is 5.75 Å². The second-order valence-corrected chi connectivity index (χ2v) is 6.30. The van der Waals surface area contributed by atoms with Gasteiger partial charge in [-0.25, -0.2) is 0 Å². The zero-order chi connectivity index (χ0) is 17.8. The average Bonchev–Trinajstić information content (AvgIpc) is 3.01. The molecule has 0 atom stereocenters. The van der Waals surface area contributed by atoms with Crippen LogP contribution in [0.3, 0.4) is 0 Å². The number of hydrogen-bond donors (Lipinski definition) is 1. The molecule has 1 aliphatic heterocycles. The Balaban J connectivity index is 1.64. The molecule has 5 nitrogen and oxygen atoms in total. The summed E-state index contributed by atoms with van der Waals surface area (Å²) in [7, 11) is 1.60. The molecule has 25 heavy (non-hydrogen) atoms. The second-order valence-electron chi connectivity index (χ2n) is 5.89. The van der Waals surface area contributed by atoms with Crippen molar-refractivity contribution in [3.05, 3.63) is 53.1 Å². The molecule has 1 aliphatic rings. The SMILES string of the molecule is COc1ccc(CC(=O)Nc2ccc(N3CCCC3=O)c(Cl)c2)cc1. The number of carbonyl (C=O) groups excluding carboxylic acids is 2. The molecular formula is C19H19ClN2O3. The van der Waals surface area contributed by atoms with Crippen LogP contribution in [0, 0.1) is 0 Å². The average molecular weight is 359 g/mol. The van der Waals surface area contributed by atoms with E-state index in [2.05, 4.69) is 5.32 Å². The number of amides is 2. The van der Waals surface area contributed by atoms with Crippen molar-refractivity contribution in [1.29, 1.82) is 0 Å². The van der Waals surface area contributed by atoms with Gasteiger partial charge in [-0.1, -0.05) is 23.7 Å². The van der Waals surface area contributed by atoms with Gasteiger partial charge in [-0.15, -0.1) is 0 Å². The Morgan fingerprint density at radius 3 is 2.60 bits per heavy atom. The van der Waals surface area contributed by atoms with Gasteiger partial charge in [0.15, 0.2) is 0 Å². The summed E-state index contributed by atoms with van der Waals surface area (Å²) < 4.78 is 5.10. The number of ether oxygens (including phenoxy) is 1. The van der Waals surface area contributed by atoms with E-state index < -0.39 is 0 Å². The van der Waals surface area contributed by atoms with Gasteiger partial charge in [0.05, 0.1) is 24.2 Å². The fourth-order valence-electron chi connectivity index (χ4n) is 2.84. The first-order chi connectivity index (χ1) is 12.1. The van der Waals surface area contributed by atoms with Crippen molar-refractivity contribution >= 4 is 34.8 Å². The maximum Gasteiger partial charge on any atom is 0.228 e. The standard InChI is InChI=1S/C19H19ClN2O3/c1-25-15-7-4-13(5-8-15)11-18(23)21-14-6-9-17(16(20)12-14)22-10-2-3-19(22)24/h4-9,12H,2-3,10-11H2,1H3,(H,21,23). The molecule has 0 aliphatic carbocycles. The molecule has 1 heterocycles. The van der Waals surface area contributed by atoms with Crippen LogP contribution >= 0.6 is 11.6 Å². The summed E-state index contributed by atoms with van der Waals surface area (Å²) in [6.45, 7) is 0.682. The lowest BCUT2D eigenvalue weighted by molar-refractivity contribution is -0.117. The molecule has 1 saturated heterocycles. The number of halogens is 1. The lowest BCUT2D eigenvalue weighted by atomic mass is 10.1. The Hall–Kier alpha value is -2.53. The number of anilines is 2. The molecular weight excluding hydrogens is 340 g/mol. The summed E-state index contributed by atoms with van der Waals surface area (Å²) in [5, 5.41) is 3.29. The zero-order valence-corrected chi connectivity index (χ0v) is 14.7. The van der Waals surface area contributed by atoms with Crippen LogP contribution in [0.4, 0.5) is 11.4 Å². The Bertz CT molecular complexity index is 790. The van der Waals surface area contributed by atoms with Crippen molar-refractivity contribution in [3.63, 3.8) is 0 Å². The van der Waals surface area contributed by atoms with Gasteiger partial charge in [-0.3, -0.25) is 9.59 Å². The number of nitrogens with one attached hydrogen (secondary N) is 1. The van der Waals surface area contributed by atoms with Gasteiger partial charge >= 0.3 is 0 Å². The number of carbonyl (C=O) groups is 2. The van der Waals surface area contributed by atoms with Crippen molar-refractivity contribution in [3.8, 4) is 5.75 Å². The minimum Gasteiger partial charge on any atom is -0.497 e. The molecule has 2 amide bonds. The topological polar surface area (TPSA) is 58.6 Å². The molecule has 0 bridgehead atoms. The second kappa shape index (κ2) is 7.57. The summed E-state index contributed by atoms with van der Waals surface area (Å²) in [6.07, 6.45) is 1.65. The van der Waals surface area contributed by atoms with E-state index in [0.29, 0.717) is 29.4 Å². The fraction of sp³-hybridized carbons (Fsp3) is 0.263. The third kappa shape index (κ3) is 4.12. The molecule has 1 fully saturated rings. The van der Waals surface area contributed by atoms with Gasteiger partial charge in [0.25, 0.3) is 0 Å². The van der Waals surface area contributed by atoms with Crippen LogP contribution in [-0.2, 0) is 16.0 Å². The first-order valence-corrected chi connectivity index (χ1v) is 8.47. The van der Waals surface area contributed by atoms with E-state index in [9.17, 15) is 9.59 Å². The molecule has 0 aromatic heterocycles. The van der Waals surface area contributed by atoms with Gasteiger partial charge in [0, 0.05) is 18.7 Å². The molecule has 0 radical (unpaired) electrons. The molecule has 6 heteroatoms. The Kier molecular flexibility index (Phi) is 5.24. The van der Waals surface area contributed by atoms with Gasteiger partial charge < -0.3 is 15.0 Å². The van der Waals surface area contributed by atoms with Gasteiger partial charge in [-0.2, -0.15) is 0 Å². The summed E-state index contributed by atoms with van der Waals surface area (Å²) in [6, 6.07) is 12.6. The molecule has 2 aromatic rings. The number of rotatable bonds is 5. The number of benzene rings is 2. The number of nitrogens with zero attached hydrogens (tertiary/aromatic N) is 1. The molecule has 3 rings (SSSR count). The first kappa shape index (κ1) is 17.3. The van der Waals surface area contributed by atoms with E-state index in [1.165, 1.54) is 0 Å². The summed E-state index contributed by atoms with van der Waals surface area (Å²) in [4.78, 5) is 25.7. The molecule has 2 aromatic carbocycles. The van der Waals surface area contributed by atoms with Crippen molar-refractivity contribution in [2.24, 2.45) is 0 Å². The van der Waals surface area contributed by atoms with Crippen LogP contribution in [0.25, 0.3) is 0 Å². The van der Waals surface area contributed by atoms with Crippen molar-refractivity contribution in [2.75, 3.05) is 23.9 Å². The van der Waals surface area contributed by atoms with Crippen LogP contribution in [0.5, 0.6) is 5.75 Å². The molecule has 1 N–H and O–H groups in total. The van der Waals surface area contributed by atoms with Crippen LogP contribution in [0.1, 0.15) is 18.4 Å². The monoisotopic (exact) mass is 358 g/mol. The van der Waals surface area contributed by atoms with Crippen LogP contribution in [-0.4, -0.2) is 25.5 Å². The molecule has 0 spiro atoms. The van der Waals surface area contributed by atoms with E-state index in [1.807, 2.05) is 24.3 Å². The molecule has 0 saturated carbocycles. The fourth-order valence-corrected chi connectivity index (χ4v) is 3.12. The van der Waals surface area contributed by atoms with Gasteiger partial charge in [0.2, 0.25) is 11.8 Å². The third-order valence-electron chi connectivity index (χ3n) is 4.12. The highest BCUT2D eigenvalue weighted by Gasteiger charge is 2.23. The highest BCUT2D eigenvalue weighted by Crippen LogP contribution is 2.31. The van der Waals surface area contributed by atoms with E-state index in [-0.39, 0.29) is 18.2 Å². The minimum absolute atomic E-state index is 0.0817. The maximum absolute atomic E-state index is 12.2. The van der Waals surface area contributed by atoms with Gasteiger partial charge in [-0.05, 0) is 42.3 Å². The number of hydrogen-bond acceptors (Lipinski definition) is 3. The minimum atomic E-state index is -0.133. The van der Waals surface area contributed by atoms with E-state index in [4.69, 9.17) is 16.3 Å². The van der Waals surface area contributed by atoms with E-state index >= 15 is 0 Å². The van der Waals surface area contributed by atoms with Crippen LogP contribution < -0.4 is 15.0 Å². The predicted octanol–water partition coefficient (Wildman–Crippen LogP) is 3.66. The maximum atomic E-state index is 12.2. The first-order valence-electron chi connectivity index (χ1n) is 8.09. The van der Waals surface area contributed by atoms with Crippen LogP contribution in [0.2, 0.25) is 5.02 Å². The predicted molar refractivity (Wildman–Crippen MR) is 98.4 cm³/mol. The summed E-state index contributed by atoms with van der Waals surface area (Å²) in [5.74, 6) is 0.701. The largest absolute Gasteiger partial charge is 0.497 e. The lowest BCUT2D eigenvalue weighted by Gasteiger charge is -2.18. The molecule has 0 unspecified atom stereocenters. The lowest BCUT2D eigenvalue weighted by Crippen LogP contribution is -2.24. The van der Waals surface area contributed by atoms with E-state index in [1.54, 1.807) is 30.2 Å². The summed E-state index contributed by atoms with van der Waals surface area (Å²) >= 11 is 6.29. The zero-order valence-electron chi connectivity index (χ0n) is 13.9. The van der Waals surface area contributed by atoms with Crippen LogP contribution in [0.15, 0.2) is 42.5 Å². The normalized spacial score (nSPS) is 13.8. The van der Waals surface area contributed by atoms with Crippen molar-refractivity contribution in [2.45, 2.75) is 19.3 Å². The Morgan fingerprint density at radius 2 is 2.00 bits per heavy atom. The quantitative estimate of drug-likeness (QED) is 0.887. The number of methoxy groups -OCH3 is 1. The Morgan fingerprint density at radius 1 is 1.24 bits per heavy atom. The Labute approximate surface area is 151 Å². The summed E-state index contributed by atoms with van der Waals surface area (Å²) in [5.41, 5.74) is 2.19. The highest BCUT2D eigenvalue weighted by atomic mass is 35.5. The highest BCUT2D eigenvalue weighted by molar-refractivity contribution is 6.34. The van der Waals surface area contributed by atoms with Crippen molar-refractivity contribution < 1.29 is 14.3 Å². The molecule has 130 valence electrons. The van der Waals surface area contributed by atoms with E-state index in [0.717, 1.165) is 17.7 Å². The third-order valence-corrected chi connectivity index (χ3v) is 4.42.